The first-order chi connectivity index (χ1) is 5.41. The summed E-state index contributed by atoms with van der Waals surface area (Å²) in [6.07, 6.45) is 0. The molecule has 66 valence electrons. The predicted molar refractivity (Wildman–Crippen MR) is 38.8 cm³/mol. The third kappa shape index (κ3) is 3.24. The average Bonchev–Trinajstić information content (AvgIpc) is 1.83. The van der Waals surface area contributed by atoms with Gasteiger partial charge < -0.3 is 10.3 Å². The molecule has 0 heterocycles. The molecule has 1 aromatic carbocycles. The number of hydrogen-bond donors (Lipinski definition) is 1. The van der Waals surface area contributed by atoms with Crippen LogP contribution in [0.4, 0.5) is 10.1 Å². The second kappa shape index (κ2) is 4.39. The van der Waals surface area contributed by atoms with Gasteiger partial charge in [0.25, 0.3) is 0 Å². The summed E-state index contributed by atoms with van der Waals surface area (Å²) in [4.78, 5) is -0.878. The summed E-state index contributed by atoms with van der Waals surface area (Å²) in [6, 6.07) is 2.77. The van der Waals surface area contributed by atoms with E-state index in [0.717, 1.165) is 18.2 Å². The van der Waals surface area contributed by atoms with E-state index in [1.165, 1.54) is 0 Å². The second-order valence-corrected chi connectivity index (χ2v) is 3.49. The molecule has 0 spiro atoms. The average molecular weight is 213 g/mol. The van der Waals surface area contributed by atoms with Gasteiger partial charge in [-0.2, -0.15) is 0 Å². The number of nitrogens with two attached hydrogens (primary N) is 1. The third-order valence-corrected chi connectivity index (χ3v) is 2.10. The van der Waals surface area contributed by atoms with Crippen molar-refractivity contribution in [3.8, 4) is 0 Å². The first-order valence-electron chi connectivity index (χ1n) is 2.92. The van der Waals surface area contributed by atoms with Gasteiger partial charge in [0.2, 0.25) is 0 Å². The minimum Gasteiger partial charge on any atom is -0.744 e. The molecule has 4 nitrogen and oxygen atoms in total. The van der Waals surface area contributed by atoms with Crippen LogP contribution in [0, 0.1) is 5.82 Å². The maximum absolute atomic E-state index is 12.7. The Hall–Kier alpha value is -0.140. The van der Waals surface area contributed by atoms with E-state index in [4.69, 9.17) is 5.73 Å². The fourth-order valence-corrected chi connectivity index (χ4v) is 1.25. The first-order valence-corrected chi connectivity index (χ1v) is 4.33. The minimum absolute atomic E-state index is 0. The van der Waals surface area contributed by atoms with Crippen LogP contribution >= 0.6 is 0 Å². The Labute approximate surface area is 97.0 Å². The Balaban J connectivity index is 0.00000144. The normalized spacial score (nSPS) is 10.6. The van der Waals surface area contributed by atoms with Crippen molar-refractivity contribution in [2.45, 2.75) is 4.90 Å². The summed E-state index contributed by atoms with van der Waals surface area (Å²) in [5.41, 5.74) is 5.20. The van der Waals surface area contributed by atoms with Crippen LogP contribution in [0.15, 0.2) is 23.1 Å². The fraction of sp³-hybridized carbons (Fsp3) is 0. The van der Waals surface area contributed by atoms with Crippen molar-refractivity contribution in [2.24, 2.45) is 0 Å². The number of rotatable bonds is 1. The quantitative estimate of drug-likeness (QED) is 0.313. The molecule has 0 amide bonds. The minimum atomic E-state index is -4.73. The van der Waals surface area contributed by atoms with Gasteiger partial charge in [-0.15, -0.1) is 0 Å². The fourth-order valence-electron chi connectivity index (χ4n) is 0.720. The van der Waals surface area contributed by atoms with E-state index in [-0.39, 0.29) is 35.2 Å². The van der Waals surface area contributed by atoms with Crippen molar-refractivity contribution in [1.29, 1.82) is 0 Å². The van der Waals surface area contributed by atoms with E-state index >= 15 is 0 Å². The molecule has 0 radical (unpaired) electrons. The van der Waals surface area contributed by atoms with Crippen LogP contribution in [0.5, 0.6) is 0 Å². The summed E-state index contributed by atoms with van der Waals surface area (Å²) in [7, 11) is -4.73. The smallest absolute Gasteiger partial charge is 0.744 e. The van der Waals surface area contributed by atoms with Crippen LogP contribution in [0.3, 0.4) is 0 Å². The van der Waals surface area contributed by atoms with Gasteiger partial charge in [0.1, 0.15) is 15.9 Å². The molecule has 0 aliphatic heterocycles. The Morgan fingerprint density at radius 1 is 1.38 bits per heavy atom. The number of anilines is 1. The van der Waals surface area contributed by atoms with E-state index in [9.17, 15) is 17.4 Å². The summed E-state index contributed by atoms with van der Waals surface area (Å²) in [5, 5.41) is 0. The molecule has 0 fully saturated rings. The first kappa shape index (κ1) is 12.9. The zero-order valence-electron chi connectivity index (χ0n) is 6.82. The van der Waals surface area contributed by atoms with E-state index < -0.39 is 20.8 Å². The van der Waals surface area contributed by atoms with Gasteiger partial charge in [-0.1, -0.05) is 0 Å². The predicted octanol–water partition coefficient (Wildman–Crippen LogP) is -2.68. The van der Waals surface area contributed by atoms with Crippen LogP contribution in [0.1, 0.15) is 0 Å². The number of nitrogen functional groups attached to an aromatic ring is 1. The molecular weight excluding hydrogens is 208 g/mol. The van der Waals surface area contributed by atoms with Gasteiger partial charge >= 0.3 is 29.6 Å². The maximum Gasteiger partial charge on any atom is 1.00 e. The van der Waals surface area contributed by atoms with Crippen molar-refractivity contribution < 1.29 is 46.9 Å². The van der Waals surface area contributed by atoms with Crippen molar-refractivity contribution in [3.63, 3.8) is 0 Å². The zero-order chi connectivity index (χ0) is 9.35. The Morgan fingerprint density at radius 2 is 1.92 bits per heavy atom. The monoisotopic (exact) mass is 213 g/mol. The topological polar surface area (TPSA) is 83.2 Å². The molecule has 1 rings (SSSR count). The molecule has 0 aromatic heterocycles. The van der Waals surface area contributed by atoms with Crippen molar-refractivity contribution in [2.75, 3.05) is 5.73 Å². The van der Waals surface area contributed by atoms with Crippen LogP contribution in [0.2, 0.25) is 0 Å². The Bertz CT molecular complexity index is 406. The molecule has 0 aliphatic rings. The van der Waals surface area contributed by atoms with E-state index in [1.54, 1.807) is 0 Å². The molecule has 0 bridgehead atoms. The van der Waals surface area contributed by atoms with Crippen molar-refractivity contribution in [1.82, 2.24) is 0 Å². The van der Waals surface area contributed by atoms with Crippen LogP contribution in [-0.2, 0) is 10.1 Å². The van der Waals surface area contributed by atoms with Crippen LogP contribution in [0.25, 0.3) is 0 Å². The number of halogens is 1. The van der Waals surface area contributed by atoms with E-state index in [2.05, 4.69) is 0 Å². The molecule has 0 saturated carbocycles. The van der Waals surface area contributed by atoms with E-state index in [0.29, 0.717) is 0 Å². The van der Waals surface area contributed by atoms with Gasteiger partial charge in [-0.25, -0.2) is 12.8 Å². The second-order valence-electron chi connectivity index (χ2n) is 2.14. The molecule has 0 atom stereocenters. The number of hydrogen-bond acceptors (Lipinski definition) is 4. The van der Waals surface area contributed by atoms with Gasteiger partial charge in [0.05, 0.1) is 4.90 Å². The summed E-state index contributed by atoms with van der Waals surface area (Å²) in [5.74, 6) is -1.12. The zero-order valence-corrected chi connectivity index (χ0v) is 9.64. The number of benzene rings is 1. The van der Waals surface area contributed by atoms with Crippen molar-refractivity contribution in [3.05, 3.63) is 24.0 Å². The van der Waals surface area contributed by atoms with Gasteiger partial charge in [0, 0.05) is 5.69 Å². The van der Waals surface area contributed by atoms with Crippen molar-refractivity contribution >= 4 is 15.8 Å². The van der Waals surface area contributed by atoms with Gasteiger partial charge in [0.15, 0.2) is 0 Å². The third-order valence-electron chi connectivity index (χ3n) is 1.23. The molecule has 2 N–H and O–H groups in total. The molecule has 0 unspecified atom stereocenters. The molecule has 1 aromatic rings. The SMILES string of the molecule is Nc1ccc(S(=O)(=O)[O-])c(F)c1.[Na+]. The standard InChI is InChI=1S/C6H6FNO3S.Na/c7-5-3-4(8)1-2-6(5)12(9,10)11;/h1-3H,8H2,(H,9,10,11);/q;+1/p-1. The molecular formula is C6H5FNNaO3S. The van der Waals surface area contributed by atoms with Crippen LogP contribution in [-0.4, -0.2) is 13.0 Å². The van der Waals surface area contributed by atoms with Crippen LogP contribution < -0.4 is 35.3 Å². The van der Waals surface area contributed by atoms with Gasteiger partial charge in [-0.3, -0.25) is 0 Å². The molecule has 7 heteroatoms. The summed E-state index contributed by atoms with van der Waals surface area (Å²) < 4.78 is 43.7. The summed E-state index contributed by atoms with van der Waals surface area (Å²) >= 11 is 0. The maximum atomic E-state index is 12.7. The Morgan fingerprint density at radius 3 is 2.31 bits per heavy atom. The summed E-state index contributed by atoms with van der Waals surface area (Å²) in [6.45, 7) is 0. The molecule has 0 saturated heterocycles. The molecule has 0 aliphatic carbocycles. The molecule has 13 heavy (non-hydrogen) atoms. The van der Waals surface area contributed by atoms with E-state index in [1.807, 2.05) is 0 Å². The van der Waals surface area contributed by atoms with Gasteiger partial charge in [-0.05, 0) is 18.2 Å². The largest absolute Gasteiger partial charge is 1.00 e. The Kier molecular flexibility index (Phi) is 4.34.